The van der Waals surface area contributed by atoms with Gasteiger partial charge >= 0.3 is 10.3 Å². The number of halogens is 2. The summed E-state index contributed by atoms with van der Waals surface area (Å²) in [5.41, 5.74) is 2.84. The van der Waals surface area contributed by atoms with Crippen LogP contribution >= 0.6 is 34.5 Å². The highest BCUT2D eigenvalue weighted by atomic mass is 35.5. The van der Waals surface area contributed by atoms with E-state index >= 15 is 0 Å². The lowest BCUT2D eigenvalue weighted by atomic mass is 10.0. The van der Waals surface area contributed by atoms with Gasteiger partial charge in [-0.3, -0.25) is 8.98 Å². The van der Waals surface area contributed by atoms with Gasteiger partial charge in [0.1, 0.15) is 18.2 Å². The highest BCUT2D eigenvalue weighted by Crippen LogP contribution is 2.43. The number of benzene rings is 1. The van der Waals surface area contributed by atoms with E-state index in [9.17, 15) is 18.3 Å². The molecule has 196 valence electrons. The quantitative estimate of drug-likeness (QED) is 0.337. The van der Waals surface area contributed by atoms with Crippen molar-refractivity contribution in [2.45, 2.75) is 37.7 Å². The molecule has 1 aliphatic heterocycles. The summed E-state index contributed by atoms with van der Waals surface area (Å²) in [5, 5.41) is 19.0. The fourth-order valence-electron chi connectivity index (χ4n) is 4.65. The van der Waals surface area contributed by atoms with E-state index in [-0.39, 0.29) is 24.0 Å². The Morgan fingerprint density at radius 3 is 2.86 bits per heavy atom. The maximum absolute atomic E-state index is 13.5. The molecule has 4 N–H and O–H groups in total. The van der Waals surface area contributed by atoms with Crippen molar-refractivity contribution >= 4 is 56.4 Å². The summed E-state index contributed by atoms with van der Waals surface area (Å²) in [4.78, 5) is 22.1. The first-order chi connectivity index (χ1) is 17.6. The first kappa shape index (κ1) is 26.4. The smallest absolute Gasteiger partial charge is 0.333 e. The van der Waals surface area contributed by atoms with Gasteiger partial charge < -0.3 is 15.2 Å². The summed E-state index contributed by atoms with van der Waals surface area (Å²) in [6.07, 6.45) is 2.20. The van der Waals surface area contributed by atoms with Crippen LogP contribution in [-0.4, -0.2) is 48.0 Å². The van der Waals surface area contributed by atoms with Crippen LogP contribution in [0.2, 0.25) is 9.36 Å². The number of rotatable bonds is 8. The van der Waals surface area contributed by atoms with Gasteiger partial charge in [-0.2, -0.15) is 8.42 Å². The van der Waals surface area contributed by atoms with Crippen molar-refractivity contribution in [2.75, 3.05) is 11.9 Å². The number of fused-ring (bicyclic) bond motifs is 1. The minimum absolute atomic E-state index is 0.234. The molecule has 3 heterocycles. The molecule has 2 aromatic heterocycles. The van der Waals surface area contributed by atoms with E-state index in [1.807, 2.05) is 12.1 Å². The van der Waals surface area contributed by atoms with Crippen molar-refractivity contribution < 1.29 is 27.2 Å². The Hall–Kier alpha value is -2.16. The maximum atomic E-state index is 13.5. The molecular formula is C23H22Cl2N4O6S2. The predicted molar refractivity (Wildman–Crippen MR) is 138 cm³/mol. The zero-order valence-electron chi connectivity index (χ0n) is 19.1. The Kier molecular flexibility index (Phi) is 7.53. The SMILES string of the molecule is NS(=O)(=O)OC[C@H]1C[C@@H](Nc2ncncc2C(=O)c2cc([C@H]3OCc4ccc(Cl)cc43)c(Cl)s2)C[C@@H]1O. The molecule has 0 bridgehead atoms. The average Bonchev–Trinajstić information content (AvgIpc) is 3.53. The van der Waals surface area contributed by atoms with Crippen LogP contribution in [0.15, 0.2) is 36.8 Å². The maximum Gasteiger partial charge on any atom is 0.333 e. The number of aliphatic hydroxyl groups excluding tert-OH is 1. The van der Waals surface area contributed by atoms with Gasteiger partial charge in [0.25, 0.3) is 0 Å². The minimum Gasteiger partial charge on any atom is -0.393 e. The molecule has 3 aromatic rings. The standard InChI is InChI=1S/C23H22Cl2N4O6S2/c24-13-2-1-11-8-34-21(15(11)4-13)16-6-19(36-22(16)25)20(31)17-7-27-10-28-23(17)29-14-3-12(18(30)5-14)9-35-37(26,32)33/h1-2,4,6-7,10,12,14,18,21,30H,3,5,8-9H2,(H2,26,32,33)(H,27,28,29)/t12-,14-,18+,21+/m1/s1. The van der Waals surface area contributed by atoms with Gasteiger partial charge in [0.2, 0.25) is 5.78 Å². The number of ketones is 1. The molecule has 2 aliphatic rings. The summed E-state index contributed by atoms with van der Waals surface area (Å²) < 4.78 is 33.2. The van der Waals surface area contributed by atoms with Crippen LogP contribution < -0.4 is 10.5 Å². The summed E-state index contributed by atoms with van der Waals surface area (Å²) in [7, 11) is -4.11. The van der Waals surface area contributed by atoms with Crippen LogP contribution in [0.1, 0.15) is 50.9 Å². The Labute approximate surface area is 227 Å². The largest absolute Gasteiger partial charge is 0.393 e. The van der Waals surface area contributed by atoms with E-state index in [0.29, 0.717) is 45.1 Å². The number of aliphatic hydroxyl groups is 1. The van der Waals surface area contributed by atoms with E-state index in [1.54, 1.807) is 12.1 Å². The molecular weight excluding hydrogens is 563 g/mol. The average molecular weight is 585 g/mol. The summed E-state index contributed by atoms with van der Waals surface area (Å²) >= 11 is 13.9. The van der Waals surface area contributed by atoms with Crippen molar-refractivity contribution in [1.82, 2.24) is 9.97 Å². The zero-order chi connectivity index (χ0) is 26.3. The molecule has 1 aromatic carbocycles. The van der Waals surface area contributed by atoms with E-state index in [4.69, 9.17) is 33.1 Å². The Bertz CT molecular complexity index is 1450. The number of hydrogen-bond acceptors (Lipinski definition) is 10. The van der Waals surface area contributed by atoms with Crippen molar-refractivity contribution in [3.05, 3.63) is 73.3 Å². The molecule has 10 nitrogen and oxygen atoms in total. The Morgan fingerprint density at radius 1 is 1.27 bits per heavy atom. The number of aromatic nitrogens is 2. The third-order valence-electron chi connectivity index (χ3n) is 6.42. The van der Waals surface area contributed by atoms with E-state index in [1.165, 1.54) is 12.5 Å². The number of anilines is 1. The molecule has 5 rings (SSSR count). The van der Waals surface area contributed by atoms with Crippen molar-refractivity contribution in [2.24, 2.45) is 11.1 Å². The third-order valence-corrected chi connectivity index (χ3v) is 8.50. The van der Waals surface area contributed by atoms with Gasteiger partial charge in [-0.05, 0) is 42.2 Å². The summed E-state index contributed by atoms with van der Waals surface area (Å²) in [5.74, 6) is -0.470. The first-order valence-electron chi connectivity index (χ1n) is 11.2. The van der Waals surface area contributed by atoms with E-state index in [2.05, 4.69) is 19.5 Å². The second-order valence-corrected chi connectivity index (χ2v) is 12.2. The molecule has 0 amide bonds. The molecule has 1 saturated carbocycles. The van der Waals surface area contributed by atoms with Crippen LogP contribution in [-0.2, 0) is 25.8 Å². The number of nitrogens with one attached hydrogen (secondary N) is 1. The van der Waals surface area contributed by atoms with Gasteiger partial charge in [0, 0.05) is 28.7 Å². The Balaban J connectivity index is 1.34. The van der Waals surface area contributed by atoms with Gasteiger partial charge in [-0.15, -0.1) is 11.3 Å². The lowest BCUT2D eigenvalue weighted by Gasteiger charge is -2.15. The topological polar surface area (TPSA) is 154 Å². The Morgan fingerprint density at radius 2 is 2.08 bits per heavy atom. The summed E-state index contributed by atoms with van der Waals surface area (Å²) in [6, 6.07) is 7.00. The fourth-order valence-corrected chi connectivity index (χ4v) is 6.47. The van der Waals surface area contributed by atoms with Gasteiger partial charge in [-0.1, -0.05) is 29.3 Å². The van der Waals surface area contributed by atoms with Crippen molar-refractivity contribution in [3.8, 4) is 0 Å². The minimum atomic E-state index is -4.11. The van der Waals surface area contributed by atoms with E-state index in [0.717, 1.165) is 22.5 Å². The second kappa shape index (κ2) is 10.5. The monoisotopic (exact) mass is 584 g/mol. The summed E-state index contributed by atoms with van der Waals surface area (Å²) in [6.45, 7) is 0.186. The number of nitrogens with zero attached hydrogens (tertiary/aromatic N) is 2. The van der Waals surface area contributed by atoms with Crippen LogP contribution in [0.3, 0.4) is 0 Å². The lowest BCUT2D eigenvalue weighted by molar-refractivity contribution is 0.0941. The molecule has 37 heavy (non-hydrogen) atoms. The van der Waals surface area contributed by atoms with Gasteiger partial charge in [0.15, 0.2) is 0 Å². The number of hydrogen-bond donors (Lipinski definition) is 3. The molecule has 0 unspecified atom stereocenters. The normalized spacial score (nSPS) is 23.2. The molecule has 0 spiro atoms. The zero-order valence-corrected chi connectivity index (χ0v) is 22.3. The first-order valence-corrected chi connectivity index (χ1v) is 14.3. The van der Waals surface area contributed by atoms with Crippen LogP contribution in [0.4, 0.5) is 5.82 Å². The highest BCUT2D eigenvalue weighted by molar-refractivity contribution is 7.84. The van der Waals surface area contributed by atoms with Gasteiger partial charge in [0.05, 0.1) is 34.1 Å². The molecule has 14 heteroatoms. The highest BCUT2D eigenvalue weighted by Gasteiger charge is 2.35. The predicted octanol–water partition coefficient (Wildman–Crippen LogP) is 3.47. The molecule has 1 fully saturated rings. The number of ether oxygens (including phenoxy) is 1. The van der Waals surface area contributed by atoms with Crippen LogP contribution in [0, 0.1) is 5.92 Å². The number of nitrogens with two attached hydrogens (primary N) is 1. The van der Waals surface area contributed by atoms with Crippen LogP contribution in [0.5, 0.6) is 0 Å². The molecule has 1 aliphatic carbocycles. The van der Waals surface area contributed by atoms with Crippen LogP contribution in [0.25, 0.3) is 0 Å². The number of carbonyl (C=O) groups is 1. The van der Waals surface area contributed by atoms with Crippen molar-refractivity contribution in [3.63, 3.8) is 0 Å². The van der Waals surface area contributed by atoms with E-state index < -0.39 is 28.4 Å². The third kappa shape index (κ3) is 5.81. The fraction of sp³-hybridized carbons (Fsp3) is 0.348. The molecule has 0 saturated heterocycles. The number of thiophene rings is 1. The van der Waals surface area contributed by atoms with Crippen molar-refractivity contribution in [1.29, 1.82) is 0 Å². The number of carbonyl (C=O) groups excluding carboxylic acids is 1. The second-order valence-electron chi connectivity index (χ2n) is 8.91. The van der Waals surface area contributed by atoms with Gasteiger partial charge in [-0.25, -0.2) is 15.1 Å². The molecule has 0 radical (unpaired) electrons. The lowest BCUT2D eigenvalue weighted by Crippen LogP contribution is -2.24. The molecule has 4 atom stereocenters.